The number of carboxylic acid groups (broad SMARTS) is 1. The van der Waals surface area contributed by atoms with E-state index in [1.807, 2.05) is 12.2 Å². The summed E-state index contributed by atoms with van der Waals surface area (Å²) in [7, 11) is 6.30. The zero-order valence-corrected chi connectivity index (χ0v) is 12.5. The van der Waals surface area contributed by atoms with Gasteiger partial charge in [-0.3, -0.25) is 0 Å². The molecule has 0 amide bonds. The van der Waals surface area contributed by atoms with Crippen LogP contribution >= 0.6 is 0 Å². The van der Waals surface area contributed by atoms with E-state index in [0.717, 1.165) is 32.5 Å². The molecule has 0 saturated carbocycles. The molecule has 1 rings (SSSR count). The van der Waals surface area contributed by atoms with Gasteiger partial charge in [0.1, 0.15) is 0 Å². The van der Waals surface area contributed by atoms with Crippen LogP contribution in [0.3, 0.4) is 0 Å². The molecule has 0 heterocycles. The fourth-order valence-electron chi connectivity index (χ4n) is 2.40. The zero-order chi connectivity index (χ0) is 14.5. The average Bonchev–Trinajstić information content (AvgIpc) is 2.28. The Labute approximate surface area is 116 Å². The van der Waals surface area contributed by atoms with E-state index in [4.69, 9.17) is 5.11 Å². The predicted octanol–water partition coefficient (Wildman–Crippen LogP) is 1.85. The maximum atomic E-state index is 10.9. The highest BCUT2D eigenvalue weighted by molar-refractivity contribution is 5.90. The van der Waals surface area contributed by atoms with E-state index in [1.54, 1.807) is 6.08 Å². The molecular formula is C15H26N2O2. The van der Waals surface area contributed by atoms with Crippen LogP contribution in [0.2, 0.25) is 0 Å². The molecule has 0 aromatic rings. The Kier molecular flexibility index (Phi) is 5.76. The predicted molar refractivity (Wildman–Crippen MR) is 78.3 cm³/mol. The number of carbonyl (C=O) groups is 1. The number of hydrogen-bond acceptors (Lipinski definition) is 3. The lowest BCUT2D eigenvalue weighted by Gasteiger charge is -2.32. The van der Waals surface area contributed by atoms with Crippen LogP contribution in [-0.2, 0) is 4.79 Å². The van der Waals surface area contributed by atoms with Gasteiger partial charge in [-0.05, 0) is 47.1 Å². The van der Waals surface area contributed by atoms with Gasteiger partial charge in [-0.15, -0.1) is 0 Å². The van der Waals surface area contributed by atoms with E-state index in [0.29, 0.717) is 5.57 Å². The van der Waals surface area contributed by atoms with Crippen molar-refractivity contribution in [3.05, 3.63) is 23.8 Å². The van der Waals surface area contributed by atoms with E-state index in [2.05, 4.69) is 37.9 Å². The van der Waals surface area contributed by atoms with Gasteiger partial charge >= 0.3 is 5.97 Å². The first kappa shape index (κ1) is 15.9. The van der Waals surface area contributed by atoms with Crippen LogP contribution in [0.5, 0.6) is 0 Å². The number of nitrogens with zero attached hydrogens (tertiary/aromatic N) is 2. The molecule has 1 N–H and O–H groups in total. The maximum Gasteiger partial charge on any atom is 0.335 e. The van der Waals surface area contributed by atoms with Gasteiger partial charge in [-0.1, -0.05) is 25.2 Å². The van der Waals surface area contributed by atoms with Crippen LogP contribution < -0.4 is 0 Å². The van der Waals surface area contributed by atoms with Gasteiger partial charge in [0.05, 0.1) is 5.57 Å². The lowest BCUT2D eigenvalue weighted by molar-refractivity contribution is -0.132. The molecular weight excluding hydrogens is 240 g/mol. The number of hydrogen-bond donors (Lipinski definition) is 1. The molecule has 4 heteroatoms. The highest BCUT2D eigenvalue weighted by Crippen LogP contribution is 2.30. The second-order valence-corrected chi connectivity index (χ2v) is 6.05. The number of aliphatic carboxylic acids is 1. The molecule has 1 aliphatic rings. The molecule has 0 fully saturated rings. The third-order valence-electron chi connectivity index (χ3n) is 3.48. The molecule has 1 aliphatic carbocycles. The van der Waals surface area contributed by atoms with Gasteiger partial charge in [-0.2, -0.15) is 0 Å². The summed E-state index contributed by atoms with van der Waals surface area (Å²) in [6.45, 7) is 5.30. The third-order valence-corrected chi connectivity index (χ3v) is 3.48. The van der Waals surface area contributed by atoms with Crippen molar-refractivity contribution in [2.75, 3.05) is 40.8 Å². The van der Waals surface area contributed by atoms with Gasteiger partial charge in [0.15, 0.2) is 0 Å². The highest BCUT2D eigenvalue weighted by Gasteiger charge is 2.25. The molecule has 108 valence electrons. The fraction of sp³-hybridized carbons (Fsp3) is 0.667. The Morgan fingerprint density at radius 3 is 2.53 bits per heavy atom. The Balaban J connectivity index is 2.41. The van der Waals surface area contributed by atoms with E-state index < -0.39 is 5.97 Å². The molecule has 0 radical (unpaired) electrons. The van der Waals surface area contributed by atoms with Crippen LogP contribution in [0.15, 0.2) is 23.8 Å². The second-order valence-electron chi connectivity index (χ2n) is 6.05. The quantitative estimate of drug-likeness (QED) is 0.764. The molecule has 0 aromatic heterocycles. The molecule has 0 aliphatic heterocycles. The topological polar surface area (TPSA) is 43.8 Å². The molecule has 0 saturated heterocycles. The highest BCUT2D eigenvalue weighted by atomic mass is 16.4. The average molecular weight is 266 g/mol. The van der Waals surface area contributed by atoms with Crippen molar-refractivity contribution in [2.45, 2.75) is 19.8 Å². The minimum absolute atomic E-state index is 0.0474. The van der Waals surface area contributed by atoms with E-state index >= 15 is 0 Å². The lowest BCUT2D eigenvalue weighted by atomic mass is 9.81. The van der Waals surface area contributed by atoms with Gasteiger partial charge in [0, 0.05) is 12.0 Å². The van der Waals surface area contributed by atoms with E-state index in [-0.39, 0.29) is 5.41 Å². The lowest BCUT2D eigenvalue weighted by Crippen LogP contribution is -2.34. The summed E-state index contributed by atoms with van der Waals surface area (Å²) in [4.78, 5) is 15.4. The fourth-order valence-corrected chi connectivity index (χ4v) is 2.40. The summed E-state index contributed by atoms with van der Waals surface area (Å²) < 4.78 is 0. The Morgan fingerprint density at radius 1 is 1.37 bits per heavy atom. The summed E-state index contributed by atoms with van der Waals surface area (Å²) in [6, 6.07) is 0. The molecule has 0 aromatic carbocycles. The van der Waals surface area contributed by atoms with Crippen molar-refractivity contribution in [1.29, 1.82) is 0 Å². The van der Waals surface area contributed by atoms with Crippen molar-refractivity contribution in [1.82, 2.24) is 9.80 Å². The maximum absolute atomic E-state index is 10.9. The first-order chi connectivity index (χ1) is 8.82. The molecule has 1 atom stereocenters. The Morgan fingerprint density at radius 2 is 2.05 bits per heavy atom. The Bertz CT molecular complexity index is 374. The van der Waals surface area contributed by atoms with Crippen LogP contribution in [-0.4, -0.2) is 61.7 Å². The SMILES string of the molecule is CN(C)CCCN(C)CC1(C)C=CC(C(=O)O)=CC1. The van der Waals surface area contributed by atoms with Crippen LogP contribution in [0.25, 0.3) is 0 Å². The minimum Gasteiger partial charge on any atom is -0.478 e. The zero-order valence-electron chi connectivity index (χ0n) is 12.5. The van der Waals surface area contributed by atoms with E-state index in [9.17, 15) is 4.79 Å². The first-order valence-electron chi connectivity index (χ1n) is 6.78. The third kappa shape index (κ3) is 5.57. The summed E-state index contributed by atoms with van der Waals surface area (Å²) in [5.74, 6) is -0.836. The van der Waals surface area contributed by atoms with Gasteiger partial charge in [-0.25, -0.2) is 4.79 Å². The van der Waals surface area contributed by atoms with Gasteiger partial charge in [0.2, 0.25) is 0 Å². The first-order valence-corrected chi connectivity index (χ1v) is 6.78. The molecule has 1 unspecified atom stereocenters. The van der Waals surface area contributed by atoms with Gasteiger partial charge in [0.25, 0.3) is 0 Å². The molecule has 0 spiro atoms. The minimum atomic E-state index is -0.836. The van der Waals surface area contributed by atoms with Crippen molar-refractivity contribution >= 4 is 5.97 Å². The largest absolute Gasteiger partial charge is 0.478 e. The van der Waals surface area contributed by atoms with Crippen LogP contribution in [0.1, 0.15) is 19.8 Å². The van der Waals surface area contributed by atoms with Crippen molar-refractivity contribution in [3.8, 4) is 0 Å². The second kappa shape index (κ2) is 6.87. The van der Waals surface area contributed by atoms with Crippen LogP contribution in [0, 0.1) is 5.41 Å². The van der Waals surface area contributed by atoms with Crippen molar-refractivity contribution < 1.29 is 9.90 Å². The summed E-state index contributed by atoms with van der Waals surface area (Å²) in [5.41, 5.74) is 0.457. The van der Waals surface area contributed by atoms with Crippen molar-refractivity contribution in [2.24, 2.45) is 5.41 Å². The summed E-state index contributed by atoms with van der Waals surface area (Å²) in [6.07, 6.45) is 7.55. The number of carboxylic acids is 1. The molecule has 4 nitrogen and oxygen atoms in total. The monoisotopic (exact) mass is 266 g/mol. The Hall–Kier alpha value is -1.13. The normalized spacial score (nSPS) is 22.9. The van der Waals surface area contributed by atoms with Gasteiger partial charge < -0.3 is 14.9 Å². The number of allylic oxidation sites excluding steroid dienone is 1. The molecule has 0 bridgehead atoms. The summed E-state index contributed by atoms with van der Waals surface area (Å²) in [5, 5.41) is 8.92. The van der Waals surface area contributed by atoms with Crippen molar-refractivity contribution in [3.63, 3.8) is 0 Å². The van der Waals surface area contributed by atoms with E-state index in [1.165, 1.54) is 0 Å². The smallest absolute Gasteiger partial charge is 0.335 e. The summed E-state index contributed by atoms with van der Waals surface area (Å²) >= 11 is 0. The molecule has 19 heavy (non-hydrogen) atoms. The van der Waals surface area contributed by atoms with Crippen LogP contribution in [0.4, 0.5) is 0 Å². The number of rotatable bonds is 7. The standard InChI is InChI=1S/C15H26N2O2/c1-15(8-6-13(7-9-15)14(18)19)12-17(4)11-5-10-16(2)3/h6-8H,5,9-12H2,1-4H3,(H,18,19).